The molecule has 0 saturated carbocycles. The number of aliphatic hydroxyl groups is 1. The van der Waals surface area contributed by atoms with Crippen molar-refractivity contribution in [2.45, 2.75) is 58.0 Å². The maximum absolute atomic E-state index is 12.7. The molecule has 0 aromatic heterocycles. The minimum absolute atomic E-state index is 0.338. The van der Waals surface area contributed by atoms with E-state index in [1.807, 2.05) is 74.5 Å². The van der Waals surface area contributed by atoms with E-state index in [4.69, 9.17) is 15.2 Å². The first-order valence-corrected chi connectivity index (χ1v) is 12.6. The van der Waals surface area contributed by atoms with E-state index in [1.165, 1.54) is 0 Å². The SMILES string of the molecule is CC(C)(CCN1C(=O)OC(C)(C)c2ccccc21)NC[C@H](O)c1ccc(OCc2ccccc2)c(N)c1. The molecule has 4 rings (SSSR count). The normalized spacial score (nSPS) is 15.6. The topological polar surface area (TPSA) is 97.0 Å². The van der Waals surface area contributed by atoms with Gasteiger partial charge >= 0.3 is 6.09 Å². The zero-order chi connectivity index (χ0) is 26.6. The number of rotatable bonds is 10. The molecule has 0 unspecified atom stereocenters. The number of aliphatic hydroxyl groups excluding tert-OH is 1. The molecule has 196 valence electrons. The number of β-amino-alcohol motifs (C(OH)–C–C–N with tert-alkyl or cyclic N) is 1. The van der Waals surface area contributed by atoms with Crippen LogP contribution in [-0.4, -0.2) is 29.8 Å². The average molecular weight is 504 g/mol. The van der Waals surface area contributed by atoms with Crippen LogP contribution < -0.4 is 20.7 Å². The zero-order valence-corrected chi connectivity index (χ0v) is 22.0. The van der Waals surface area contributed by atoms with Gasteiger partial charge in [-0.15, -0.1) is 0 Å². The fraction of sp³-hybridized carbons (Fsp3) is 0.367. The van der Waals surface area contributed by atoms with Crippen molar-refractivity contribution in [2.24, 2.45) is 0 Å². The molecule has 0 aliphatic carbocycles. The molecule has 1 heterocycles. The Labute approximate surface area is 219 Å². The van der Waals surface area contributed by atoms with E-state index in [0.29, 0.717) is 43.1 Å². The van der Waals surface area contributed by atoms with Crippen LogP contribution in [0.2, 0.25) is 0 Å². The lowest BCUT2D eigenvalue weighted by molar-refractivity contribution is 0.0347. The number of fused-ring (bicyclic) bond motifs is 1. The van der Waals surface area contributed by atoms with Crippen LogP contribution in [0.25, 0.3) is 0 Å². The molecule has 4 N–H and O–H groups in total. The lowest BCUT2D eigenvalue weighted by atomic mass is 9.93. The second-order valence-corrected chi connectivity index (χ2v) is 10.6. The molecule has 37 heavy (non-hydrogen) atoms. The summed E-state index contributed by atoms with van der Waals surface area (Å²) >= 11 is 0. The van der Waals surface area contributed by atoms with Crippen molar-refractivity contribution in [1.29, 1.82) is 0 Å². The Hall–Kier alpha value is -3.55. The van der Waals surface area contributed by atoms with Gasteiger partial charge in [0.2, 0.25) is 0 Å². The number of nitrogen functional groups attached to an aromatic ring is 1. The Kier molecular flexibility index (Phi) is 7.76. The van der Waals surface area contributed by atoms with Gasteiger partial charge in [0.1, 0.15) is 18.0 Å². The molecule has 3 aromatic rings. The van der Waals surface area contributed by atoms with Crippen molar-refractivity contribution in [1.82, 2.24) is 5.32 Å². The number of ether oxygens (including phenoxy) is 2. The van der Waals surface area contributed by atoms with Gasteiger partial charge in [0.15, 0.2) is 0 Å². The van der Waals surface area contributed by atoms with Crippen LogP contribution in [0.1, 0.15) is 56.9 Å². The van der Waals surface area contributed by atoms with Crippen molar-refractivity contribution in [3.8, 4) is 5.75 Å². The van der Waals surface area contributed by atoms with E-state index < -0.39 is 11.7 Å². The highest BCUT2D eigenvalue weighted by atomic mass is 16.6. The van der Waals surface area contributed by atoms with Crippen LogP contribution in [0.15, 0.2) is 72.8 Å². The fourth-order valence-corrected chi connectivity index (χ4v) is 4.47. The van der Waals surface area contributed by atoms with E-state index in [1.54, 1.807) is 17.0 Å². The number of cyclic esters (lactones) is 1. The minimum atomic E-state index is -0.744. The number of anilines is 2. The van der Waals surface area contributed by atoms with Crippen molar-refractivity contribution < 1.29 is 19.4 Å². The molecule has 3 aromatic carbocycles. The molecule has 1 amide bonds. The Morgan fingerprint density at radius 3 is 2.51 bits per heavy atom. The summed E-state index contributed by atoms with van der Waals surface area (Å²) in [6.45, 7) is 9.17. The smallest absolute Gasteiger partial charge is 0.415 e. The summed E-state index contributed by atoms with van der Waals surface area (Å²) in [4.78, 5) is 14.4. The quantitative estimate of drug-likeness (QED) is 0.315. The van der Waals surface area contributed by atoms with Gasteiger partial charge in [-0.2, -0.15) is 0 Å². The van der Waals surface area contributed by atoms with E-state index >= 15 is 0 Å². The third-order valence-corrected chi connectivity index (χ3v) is 6.80. The van der Waals surface area contributed by atoms with Crippen LogP contribution in [0.4, 0.5) is 16.2 Å². The van der Waals surface area contributed by atoms with E-state index in [0.717, 1.165) is 16.8 Å². The Morgan fingerprint density at radius 2 is 1.78 bits per heavy atom. The number of amides is 1. The molecule has 0 fully saturated rings. The highest BCUT2D eigenvalue weighted by molar-refractivity contribution is 5.91. The first-order valence-electron chi connectivity index (χ1n) is 12.6. The Balaban J connectivity index is 1.32. The van der Waals surface area contributed by atoms with Crippen LogP contribution >= 0.6 is 0 Å². The first-order chi connectivity index (χ1) is 17.6. The molecule has 7 heteroatoms. The summed E-state index contributed by atoms with van der Waals surface area (Å²) in [6.07, 6.45) is -0.423. The van der Waals surface area contributed by atoms with Crippen molar-refractivity contribution in [3.63, 3.8) is 0 Å². The Morgan fingerprint density at radius 1 is 1.08 bits per heavy atom. The lowest BCUT2D eigenvalue weighted by Crippen LogP contribution is -2.48. The van der Waals surface area contributed by atoms with Crippen molar-refractivity contribution in [2.75, 3.05) is 23.7 Å². The fourth-order valence-electron chi connectivity index (χ4n) is 4.47. The molecule has 7 nitrogen and oxygen atoms in total. The minimum Gasteiger partial charge on any atom is -0.487 e. The molecule has 0 saturated heterocycles. The van der Waals surface area contributed by atoms with Crippen molar-refractivity contribution >= 4 is 17.5 Å². The number of nitrogens with two attached hydrogens (primary N) is 1. The van der Waals surface area contributed by atoms with Gasteiger partial charge in [-0.25, -0.2) is 4.79 Å². The summed E-state index contributed by atoms with van der Waals surface area (Å²) < 4.78 is 11.5. The molecule has 0 radical (unpaired) electrons. The number of carbonyl (C=O) groups excluding carboxylic acids is 1. The molecular weight excluding hydrogens is 466 g/mol. The van der Waals surface area contributed by atoms with Gasteiger partial charge in [-0.1, -0.05) is 54.6 Å². The monoisotopic (exact) mass is 503 g/mol. The van der Waals surface area contributed by atoms with Crippen LogP contribution in [-0.2, 0) is 16.9 Å². The predicted octanol–water partition coefficient (Wildman–Crippen LogP) is 5.53. The molecule has 1 atom stereocenters. The largest absolute Gasteiger partial charge is 0.487 e. The first kappa shape index (κ1) is 26.5. The molecule has 0 spiro atoms. The van der Waals surface area contributed by atoms with Gasteiger partial charge < -0.3 is 25.6 Å². The van der Waals surface area contributed by atoms with E-state index in [2.05, 4.69) is 19.2 Å². The summed E-state index contributed by atoms with van der Waals surface area (Å²) in [5.41, 5.74) is 9.32. The number of benzene rings is 3. The highest BCUT2D eigenvalue weighted by Gasteiger charge is 2.38. The van der Waals surface area contributed by atoms with Crippen LogP contribution in [0.5, 0.6) is 5.75 Å². The van der Waals surface area contributed by atoms with Gasteiger partial charge in [0.25, 0.3) is 0 Å². The van der Waals surface area contributed by atoms with Gasteiger partial charge in [-0.3, -0.25) is 4.90 Å². The number of carbonyl (C=O) groups is 1. The summed E-state index contributed by atoms with van der Waals surface area (Å²) in [5, 5.41) is 14.2. The third-order valence-electron chi connectivity index (χ3n) is 6.80. The number of hydrogen-bond donors (Lipinski definition) is 3. The molecular formula is C30H37N3O4. The van der Waals surface area contributed by atoms with Crippen LogP contribution in [0, 0.1) is 0 Å². The molecule has 1 aliphatic rings. The Bertz CT molecular complexity index is 1230. The van der Waals surface area contributed by atoms with Crippen molar-refractivity contribution in [3.05, 3.63) is 89.5 Å². The summed E-state index contributed by atoms with van der Waals surface area (Å²) in [7, 11) is 0. The zero-order valence-electron chi connectivity index (χ0n) is 22.0. The van der Waals surface area contributed by atoms with Gasteiger partial charge in [-0.05, 0) is 63.4 Å². The standard InChI is InChI=1S/C30H37N3O4/c1-29(2,16-17-33-25-13-9-8-12-23(25)30(3,4)37-28(33)35)32-19-26(34)22-14-15-27(24(31)18-22)36-20-21-10-6-5-7-11-21/h5-15,18,26,32,34H,16-17,19-20,31H2,1-4H3/t26-/m0/s1. The summed E-state index contributed by atoms with van der Waals surface area (Å²) in [6, 6.07) is 23.1. The third kappa shape index (κ3) is 6.42. The molecule has 1 aliphatic heterocycles. The van der Waals surface area contributed by atoms with E-state index in [-0.39, 0.29) is 11.6 Å². The number of para-hydroxylation sites is 1. The average Bonchev–Trinajstić information content (AvgIpc) is 2.86. The van der Waals surface area contributed by atoms with Gasteiger partial charge in [0, 0.05) is 24.2 Å². The number of nitrogens with one attached hydrogen (secondary N) is 1. The maximum atomic E-state index is 12.7. The maximum Gasteiger partial charge on any atom is 0.415 e. The second kappa shape index (κ2) is 10.8. The van der Waals surface area contributed by atoms with Gasteiger partial charge in [0.05, 0.1) is 17.5 Å². The van der Waals surface area contributed by atoms with E-state index in [9.17, 15) is 9.90 Å². The summed E-state index contributed by atoms with van der Waals surface area (Å²) in [5.74, 6) is 0.588. The molecule has 0 bridgehead atoms. The number of nitrogens with zero attached hydrogens (tertiary/aromatic N) is 1. The second-order valence-electron chi connectivity index (χ2n) is 10.6. The lowest BCUT2D eigenvalue weighted by Gasteiger charge is -2.39. The number of hydrogen-bond acceptors (Lipinski definition) is 6. The predicted molar refractivity (Wildman–Crippen MR) is 147 cm³/mol. The highest BCUT2D eigenvalue weighted by Crippen LogP contribution is 2.38. The van der Waals surface area contributed by atoms with Crippen LogP contribution in [0.3, 0.4) is 0 Å².